The van der Waals surface area contributed by atoms with Gasteiger partial charge in [0.1, 0.15) is 11.5 Å². The van der Waals surface area contributed by atoms with E-state index in [0.29, 0.717) is 5.69 Å². The summed E-state index contributed by atoms with van der Waals surface area (Å²) < 4.78 is 1.80. The Kier molecular flexibility index (Phi) is 4.17. The molecule has 0 saturated heterocycles. The number of nitrogens with two attached hydrogens (primary N) is 1. The van der Waals surface area contributed by atoms with Crippen molar-refractivity contribution in [3.8, 4) is 17.2 Å². The van der Waals surface area contributed by atoms with Gasteiger partial charge in [-0.2, -0.15) is 5.10 Å². The molecular formula is C20H20N8. The Morgan fingerprint density at radius 3 is 2.82 bits per heavy atom. The fraction of sp³-hybridized carbons (Fsp3) is 0.250. The molecule has 0 bridgehead atoms. The molecule has 1 saturated carbocycles. The second-order valence-corrected chi connectivity index (χ2v) is 7.01. The molecule has 0 aromatic carbocycles. The van der Waals surface area contributed by atoms with Gasteiger partial charge in [-0.3, -0.25) is 9.97 Å². The average molecular weight is 372 g/mol. The van der Waals surface area contributed by atoms with Crippen LogP contribution < -0.4 is 11.1 Å². The first-order valence-corrected chi connectivity index (χ1v) is 9.38. The summed E-state index contributed by atoms with van der Waals surface area (Å²) in [6.45, 7) is 0. The monoisotopic (exact) mass is 372 g/mol. The van der Waals surface area contributed by atoms with Crippen LogP contribution >= 0.6 is 0 Å². The summed E-state index contributed by atoms with van der Waals surface area (Å²) in [4.78, 5) is 18.0. The Hall–Kier alpha value is -3.39. The number of pyridine rings is 2. The maximum atomic E-state index is 6.16. The molecule has 4 heterocycles. The van der Waals surface area contributed by atoms with Crippen molar-refractivity contribution in [3.05, 3.63) is 55.2 Å². The lowest BCUT2D eigenvalue weighted by Crippen LogP contribution is -2.35. The second kappa shape index (κ2) is 6.97. The van der Waals surface area contributed by atoms with E-state index < -0.39 is 0 Å². The predicted octanol–water partition coefficient (Wildman–Crippen LogP) is 2.56. The van der Waals surface area contributed by atoms with Gasteiger partial charge in [-0.1, -0.05) is 6.07 Å². The molecule has 28 heavy (non-hydrogen) atoms. The van der Waals surface area contributed by atoms with Crippen LogP contribution in [-0.2, 0) is 0 Å². The van der Waals surface area contributed by atoms with Crippen molar-refractivity contribution < 1.29 is 0 Å². The molecule has 0 radical (unpaired) electrons. The van der Waals surface area contributed by atoms with Crippen LogP contribution in [0, 0.1) is 0 Å². The summed E-state index contributed by atoms with van der Waals surface area (Å²) in [7, 11) is 0. The van der Waals surface area contributed by atoms with E-state index in [9.17, 15) is 0 Å². The molecule has 1 fully saturated rings. The van der Waals surface area contributed by atoms with Gasteiger partial charge in [-0.15, -0.1) is 0 Å². The van der Waals surface area contributed by atoms with Gasteiger partial charge in [-0.25, -0.2) is 14.6 Å². The van der Waals surface area contributed by atoms with E-state index in [1.54, 1.807) is 35.7 Å². The summed E-state index contributed by atoms with van der Waals surface area (Å²) in [6, 6.07) is 8.10. The number of aromatic nitrogens is 6. The van der Waals surface area contributed by atoms with Gasteiger partial charge in [0.15, 0.2) is 5.82 Å². The van der Waals surface area contributed by atoms with Gasteiger partial charge in [0, 0.05) is 29.9 Å². The highest BCUT2D eigenvalue weighted by atomic mass is 15.3. The molecule has 8 nitrogen and oxygen atoms in total. The molecule has 1 aliphatic carbocycles. The molecule has 2 unspecified atom stereocenters. The van der Waals surface area contributed by atoms with E-state index in [1.165, 1.54) is 0 Å². The van der Waals surface area contributed by atoms with Crippen molar-refractivity contribution in [2.24, 2.45) is 5.73 Å². The number of nitrogens with one attached hydrogen (secondary N) is 1. The van der Waals surface area contributed by atoms with E-state index in [2.05, 4.69) is 25.4 Å². The van der Waals surface area contributed by atoms with E-state index in [4.69, 9.17) is 10.7 Å². The van der Waals surface area contributed by atoms with Gasteiger partial charge in [0.25, 0.3) is 0 Å². The lowest BCUT2D eigenvalue weighted by atomic mass is 10.2. The molecular weight excluding hydrogens is 352 g/mol. The van der Waals surface area contributed by atoms with Crippen LogP contribution in [-0.4, -0.2) is 41.8 Å². The molecule has 1 aliphatic rings. The van der Waals surface area contributed by atoms with Crippen LogP contribution in [0.3, 0.4) is 0 Å². The summed E-state index contributed by atoms with van der Waals surface area (Å²) in [5.41, 5.74) is 8.51. The standard InChI is InChI=1S/C20H20N8/c21-14-4-3-5-15(14)26-19-12-22-11-17(27-19)16-8-18-13(9-24-16)10-25-28(18)20-6-1-2-7-23-20/h1-2,6-12,14-15H,3-5,21H2,(H,26,27). The Balaban J connectivity index is 1.50. The average Bonchev–Trinajstić information content (AvgIpc) is 3.34. The highest BCUT2D eigenvalue weighted by Gasteiger charge is 2.24. The molecule has 0 aliphatic heterocycles. The zero-order valence-electron chi connectivity index (χ0n) is 15.2. The predicted molar refractivity (Wildman–Crippen MR) is 107 cm³/mol. The Morgan fingerprint density at radius 1 is 1.04 bits per heavy atom. The second-order valence-electron chi connectivity index (χ2n) is 7.01. The topological polar surface area (TPSA) is 107 Å². The fourth-order valence-corrected chi connectivity index (χ4v) is 3.64. The SMILES string of the molecule is NC1CCCC1Nc1cncc(-c2cc3c(cn2)cnn3-c2ccccn2)n1. The molecule has 5 rings (SSSR count). The highest BCUT2D eigenvalue weighted by molar-refractivity contribution is 5.82. The third-order valence-electron chi connectivity index (χ3n) is 5.12. The van der Waals surface area contributed by atoms with Gasteiger partial charge in [0.05, 0.1) is 29.8 Å². The largest absolute Gasteiger partial charge is 0.364 e. The van der Waals surface area contributed by atoms with Crippen LogP contribution in [0.1, 0.15) is 19.3 Å². The first-order chi connectivity index (χ1) is 13.8. The van der Waals surface area contributed by atoms with Gasteiger partial charge in [-0.05, 0) is 37.5 Å². The number of anilines is 1. The first kappa shape index (κ1) is 16.8. The summed E-state index contributed by atoms with van der Waals surface area (Å²) in [6.07, 6.45) is 12.0. The number of nitrogens with zero attached hydrogens (tertiary/aromatic N) is 6. The quantitative estimate of drug-likeness (QED) is 0.567. The highest BCUT2D eigenvalue weighted by Crippen LogP contribution is 2.24. The molecule has 3 N–H and O–H groups in total. The van der Waals surface area contributed by atoms with Crippen molar-refractivity contribution in [2.45, 2.75) is 31.3 Å². The van der Waals surface area contributed by atoms with Crippen molar-refractivity contribution in [2.75, 3.05) is 5.32 Å². The number of hydrogen-bond acceptors (Lipinski definition) is 7. The molecule has 4 aromatic heterocycles. The molecule has 140 valence electrons. The number of hydrogen-bond donors (Lipinski definition) is 2. The summed E-state index contributed by atoms with van der Waals surface area (Å²) >= 11 is 0. The molecule has 4 aromatic rings. The Bertz CT molecular complexity index is 1110. The fourth-order valence-electron chi connectivity index (χ4n) is 3.64. The van der Waals surface area contributed by atoms with E-state index >= 15 is 0 Å². The van der Waals surface area contributed by atoms with Gasteiger partial charge >= 0.3 is 0 Å². The van der Waals surface area contributed by atoms with E-state index in [1.807, 2.05) is 24.3 Å². The normalized spacial score (nSPS) is 19.2. The molecule has 0 spiro atoms. The summed E-state index contributed by atoms with van der Waals surface area (Å²) in [5, 5.41) is 8.80. The zero-order valence-corrected chi connectivity index (χ0v) is 15.2. The Labute approximate surface area is 161 Å². The van der Waals surface area contributed by atoms with Crippen molar-refractivity contribution >= 4 is 16.7 Å². The van der Waals surface area contributed by atoms with Crippen molar-refractivity contribution in [1.82, 2.24) is 29.7 Å². The minimum absolute atomic E-state index is 0.160. The van der Waals surface area contributed by atoms with Crippen LogP contribution in [0.25, 0.3) is 28.1 Å². The molecule has 0 amide bonds. The lowest BCUT2D eigenvalue weighted by Gasteiger charge is -2.17. The van der Waals surface area contributed by atoms with Gasteiger partial charge in [0.2, 0.25) is 0 Å². The molecule has 2 atom stereocenters. The minimum Gasteiger partial charge on any atom is -0.364 e. The third kappa shape index (κ3) is 3.07. The third-order valence-corrected chi connectivity index (χ3v) is 5.12. The lowest BCUT2D eigenvalue weighted by molar-refractivity contribution is 0.635. The Morgan fingerprint density at radius 2 is 2.00 bits per heavy atom. The van der Waals surface area contributed by atoms with E-state index in [-0.39, 0.29) is 12.1 Å². The summed E-state index contributed by atoms with van der Waals surface area (Å²) in [5.74, 6) is 1.48. The minimum atomic E-state index is 0.160. The van der Waals surface area contributed by atoms with Crippen LogP contribution in [0.2, 0.25) is 0 Å². The zero-order chi connectivity index (χ0) is 18.9. The molecule has 8 heteroatoms. The van der Waals surface area contributed by atoms with Crippen molar-refractivity contribution in [1.29, 1.82) is 0 Å². The van der Waals surface area contributed by atoms with E-state index in [0.717, 1.165) is 47.5 Å². The number of fused-ring (bicyclic) bond motifs is 1. The van der Waals surface area contributed by atoms with Crippen LogP contribution in [0.4, 0.5) is 5.82 Å². The maximum Gasteiger partial charge on any atom is 0.153 e. The van der Waals surface area contributed by atoms with Crippen molar-refractivity contribution in [3.63, 3.8) is 0 Å². The van der Waals surface area contributed by atoms with Crippen LogP contribution in [0.15, 0.2) is 55.2 Å². The van der Waals surface area contributed by atoms with Crippen LogP contribution in [0.5, 0.6) is 0 Å². The maximum absolute atomic E-state index is 6.16. The smallest absolute Gasteiger partial charge is 0.153 e. The van der Waals surface area contributed by atoms with Gasteiger partial charge < -0.3 is 11.1 Å². The first-order valence-electron chi connectivity index (χ1n) is 9.38. The number of rotatable bonds is 4.